The fraction of sp³-hybridized carbons (Fsp3) is 0.438. The first-order valence-corrected chi connectivity index (χ1v) is 7.11. The molecule has 0 saturated heterocycles. The minimum Gasteiger partial charge on any atom is -0.497 e. The smallest absolute Gasteiger partial charge is 0.240 e. The molecule has 112 valence electrons. The molecule has 5 nitrogen and oxygen atoms in total. The summed E-state index contributed by atoms with van der Waals surface area (Å²) >= 11 is 0. The maximum Gasteiger partial charge on any atom is 0.240 e. The maximum absolute atomic E-state index is 12.0. The van der Waals surface area contributed by atoms with Gasteiger partial charge in [-0.3, -0.25) is 4.79 Å². The lowest BCUT2D eigenvalue weighted by Gasteiger charge is -2.15. The molecule has 1 unspecified atom stereocenters. The van der Waals surface area contributed by atoms with E-state index < -0.39 is 5.54 Å². The quantitative estimate of drug-likeness (QED) is 0.905. The van der Waals surface area contributed by atoms with Gasteiger partial charge >= 0.3 is 0 Å². The Labute approximate surface area is 123 Å². The number of carbonyl (C=O) groups is 1. The van der Waals surface area contributed by atoms with E-state index >= 15 is 0 Å². The molecule has 2 aromatic rings. The van der Waals surface area contributed by atoms with Crippen LogP contribution < -0.4 is 15.8 Å². The highest BCUT2D eigenvalue weighted by Gasteiger charge is 2.46. The molecule has 3 rings (SSSR count). The summed E-state index contributed by atoms with van der Waals surface area (Å²) in [6.45, 7) is 3.89. The topological polar surface area (TPSA) is 77.5 Å². The number of furan rings is 1. The Hall–Kier alpha value is -2.01. The van der Waals surface area contributed by atoms with Crippen molar-refractivity contribution < 1.29 is 13.9 Å². The Bertz CT molecular complexity index is 701. The van der Waals surface area contributed by atoms with E-state index in [0.717, 1.165) is 40.9 Å². The number of hydrogen-bond donors (Lipinski definition) is 2. The molecule has 1 saturated carbocycles. The van der Waals surface area contributed by atoms with Crippen molar-refractivity contribution in [3.63, 3.8) is 0 Å². The Morgan fingerprint density at radius 3 is 2.81 bits per heavy atom. The van der Waals surface area contributed by atoms with Crippen LogP contribution in [-0.4, -0.2) is 18.6 Å². The van der Waals surface area contributed by atoms with Gasteiger partial charge in [0.05, 0.1) is 18.7 Å². The number of rotatable bonds is 4. The lowest BCUT2D eigenvalue weighted by molar-refractivity contribution is -0.124. The molecule has 1 fully saturated rings. The molecular formula is C16H20N2O3. The highest BCUT2D eigenvalue weighted by molar-refractivity contribution is 5.89. The zero-order chi connectivity index (χ0) is 15.2. The zero-order valence-electron chi connectivity index (χ0n) is 12.5. The Morgan fingerprint density at radius 1 is 1.48 bits per heavy atom. The van der Waals surface area contributed by atoms with Crippen LogP contribution in [0.4, 0.5) is 0 Å². The maximum atomic E-state index is 12.0. The van der Waals surface area contributed by atoms with Crippen molar-refractivity contribution in [3.8, 4) is 5.75 Å². The van der Waals surface area contributed by atoms with Crippen molar-refractivity contribution in [2.24, 2.45) is 5.73 Å². The van der Waals surface area contributed by atoms with Gasteiger partial charge in [0.25, 0.3) is 0 Å². The first-order chi connectivity index (χ1) is 9.94. The molecule has 1 aliphatic carbocycles. The normalized spacial score (nSPS) is 17.5. The van der Waals surface area contributed by atoms with Gasteiger partial charge in [-0.15, -0.1) is 0 Å². The van der Waals surface area contributed by atoms with Gasteiger partial charge in [0.2, 0.25) is 5.91 Å². The second-order valence-electron chi connectivity index (χ2n) is 5.80. The van der Waals surface area contributed by atoms with E-state index in [2.05, 4.69) is 5.32 Å². The van der Waals surface area contributed by atoms with Crippen LogP contribution in [0.25, 0.3) is 11.0 Å². The summed E-state index contributed by atoms with van der Waals surface area (Å²) in [4.78, 5) is 12.0. The largest absolute Gasteiger partial charge is 0.497 e. The molecule has 0 aliphatic heterocycles. The molecule has 1 aromatic carbocycles. The van der Waals surface area contributed by atoms with E-state index in [4.69, 9.17) is 14.9 Å². The molecule has 1 aromatic heterocycles. The van der Waals surface area contributed by atoms with E-state index in [9.17, 15) is 4.79 Å². The van der Waals surface area contributed by atoms with Crippen molar-refractivity contribution in [2.45, 2.75) is 38.3 Å². The number of nitrogens with two attached hydrogens (primary N) is 1. The number of fused-ring (bicyclic) bond motifs is 1. The van der Waals surface area contributed by atoms with Gasteiger partial charge in [0.1, 0.15) is 17.1 Å². The van der Waals surface area contributed by atoms with Crippen LogP contribution in [-0.2, 0) is 4.79 Å². The van der Waals surface area contributed by atoms with Gasteiger partial charge in [0.15, 0.2) is 0 Å². The Balaban J connectivity index is 1.89. The Kier molecular flexibility index (Phi) is 3.17. The van der Waals surface area contributed by atoms with Crippen molar-refractivity contribution in [2.75, 3.05) is 7.11 Å². The average molecular weight is 288 g/mol. The van der Waals surface area contributed by atoms with Crippen LogP contribution >= 0.6 is 0 Å². The van der Waals surface area contributed by atoms with Crippen LogP contribution in [0.15, 0.2) is 22.6 Å². The summed E-state index contributed by atoms with van der Waals surface area (Å²) < 4.78 is 11.1. The number of ether oxygens (including phenoxy) is 1. The molecule has 0 radical (unpaired) electrons. The fourth-order valence-corrected chi connectivity index (χ4v) is 2.53. The highest BCUT2D eigenvalue weighted by Crippen LogP contribution is 2.35. The number of nitrogens with one attached hydrogen (secondary N) is 1. The minimum absolute atomic E-state index is 0.104. The molecule has 1 heterocycles. The first kappa shape index (κ1) is 13.9. The standard InChI is InChI=1S/C16H20N2O3/c1-9-12-8-11(20-3)4-5-13(12)21-14(9)10(2)18-15(19)16(17)6-7-16/h4-5,8,10H,6-7,17H2,1-3H3,(H,18,19). The van der Waals surface area contributed by atoms with Gasteiger partial charge in [0, 0.05) is 10.9 Å². The van der Waals surface area contributed by atoms with Crippen LogP contribution in [0, 0.1) is 6.92 Å². The number of amides is 1. The number of benzene rings is 1. The van der Waals surface area contributed by atoms with E-state index in [1.165, 1.54) is 0 Å². The number of aryl methyl sites for hydroxylation is 1. The van der Waals surface area contributed by atoms with E-state index in [0.29, 0.717) is 0 Å². The molecule has 1 amide bonds. The van der Waals surface area contributed by atoms with E-state index in [1.54, 1.807) is 7.11 Å². The fourth-order valence-electron chi connectivity index (χ4n) is 2.53. The van der Waals surface area contributed by atoms with Crippen molar-refractivity contribution in [1.29, 1.82) is 0 Å². The van der Waals surface area contributed by atoms with Gasteiger partial charge in [-0.25, -0.2) is 0 Å². The SMILES string of the molecule is COc1ccc2oc(C(C)NC(=O)C3(N)CC3)c(C)c2c1. The first-order valence-electron chi connectivity index (χ1n) is 7.11. The molecule has 1 aliphatic rings. The van der Waals surface area contributed by atoms with Crippen molar-refractivity contribution in [1.82, 2.24) is 5.32 Å². The summed E-state index contributed by atoms with van der Waals surface area (Å²) in [5, 5.41) is 3.94. The number of methoxy groups -OCH3 is 1. The van der Waals surface area contributed by atoms with Crippen molar-refractivity contribution >= 4 is 16.9 Å². The summed E-state index contributed by atoms with van der Waals surface area (Å²) in [6.07, 6.45) is 1.50. The molecule has 0 bridgehead atoms. The summed E-state index contributed by atoms with van der Waals surface area (Å²) in [5.41, 5.74) is 7.04. The van der Waals surface area contributed by atoms with Crippen LogP contribution in [0.2, 0.25) is 0 Å². The summed E-state index contributed by atoms with van der Waals surface area (Å²) in [6, 6.07) is 5.47. The molecule has 5 heteroatoms. The van der Waals surface area contributed by atoms with Crippen LogP contribution in [0.5, 0.6) is 5.75 Å². The van der Waals surface area contributed by atoms with Gasteiger partial charge in [-0.1, -0.05) is 0 Å². The monoisotopic (exact) mass is 288 g/mol. The van der Waals surface area contributed by atoms with Gasteiger partial charge in [-0.05, 0) is 44.9 Å². The second kappa shape index (κ2) is 4.77. The third-order valence-corrected chi connectivity index (χ3v) is 4.16. The van der Waals surface area contributed by atoms with Gasteiger partial charge < -0.3 is 20.2 Å². The molecule has 3 N–H and O–H groups in total. The molecular weight excluding hydrogens is 268 g/mol. The average Bonchev–Trinajstić information content (AvgIpc) is 3.14. The lowest BCUT2D eigenvalue weighted by Crippen LogP contribution is -2.43. The molecule has 21 heavy (non-hydrogen) atoms. The predicted molar refractivity (Wildman–Crippen MR) is 80.2 cm³/mol. The van der Waals surface area contributed by atoms with Gasteiger partial charge in [-0.2, -0.15) is 0 Å². The summed E-state index contributed by atoms with van der Waals surface area (Å²) in [7, 11) is 1.64. The van der Waals surface area contributed by atoms with E-state index in [-0.39, 0.29) is 11.9 Å². The third-order valence-electron chi connectivity index (χ3n) is 4.16. The lowest BCUT2D eigenvalue weighted by atomic mass is 10.1. The van der Waals surface area contributed by atoms with Crippen molar-refractivity contribution in [3.05, 3.63) is 29.5 Å². The van der Waals surface area contributed by atoms with Crippen LogP contribution in [0.3, 0.4) is 0 Å². The minimum atomic E-state index is -0.669. The zero-order valence-corrected chi connectivity index (χ0v) is 12.5. The highest BCUT2D eigenvalue weighted by atomic mass is 16.5. The summed E-state index contributed by atoms with van der Waals surface area (Å²) in [5.74, 6) is 1.44. The molecule has 0 spiro atoms. The van der Waals surface area contributed by atoms with Crippen LogP contribution in [0.1, 0.15) is 37.1 Å². The Morgan fingerprint density at radius 2 is 2.19 bits per heavy atom. The van der Waals surface area contributed by atoms with E-state index in [1.807, 2.05) is 32.0 Å². The number of carbonyl (C=O) groups excluding carboxylic acids is 1. The number of hydrogen-bond acceptors (Lipinski definition) is 4. The molecule has 1 atom stereocenters. The predicted octanol–water partition coefficient (Wildman–Crippen LogP) is 2.42. The third kappa shape index (κ3) is 2.38. The second-order valence-corrected chi connectivity index (χ2v) is 5.80.